The lowest BCUT2D eigenvalue weighted by molar-refractivity contribution is -0.128. The van der Waals surface area contributed by atoms with Crippen LogP contribution in [0.1, 0.15) is 26.3 Å². The molecule has 1 saturated heterocycles. The van der Waals surface area contributed by atoms with Gasteiger partial charge in [-0.1, -0.05) is 38.5 Å². The monoisotopic (exact) mass is 367 g/mol. The molecule has 0 unspecified atom stereocenters. The topological polar surface area (TPSA) is 69.7 Å². The SMILES string of the molecule is Cc1ccc(S(=O)(=O)N2CCN(CCNC(=O)C(C)(C)C)CC2)cc1. The van der Waals surface area contributed by atoms with Gasteiger partial charge in [0.25, 0.3) is 0 Å². The molecule has 0 atom stereocenters. The fourth-order valence-corrected chi connectivity index (χ4v) is 4.07. The molecule has 1 aromatic carbocycles. The van der Waals surface area contributed by atoms with Crippen molar-refractivity contribution >= 4 is 15.9 Å². The van der Waals surface area contributed by atoms with E-state index in [0.717, 1.165) is 12.1 Å². The number of rotatable bonds is 5. The van der Waals surface area contributed by atoms with Crippen molar-refractivity contribution in [3.05, 3.63) is 29.8 Å². The summed E-state index contributed by atoms with van der Waals surface area (Å²) in [6, 6.07) is 6.97. The van der Waals surface area contributed by atoms with Crippen molar-refractivity contribution in [2.45, 2.75) is 32.6 Å². The molecule has 1 N–H and O–H groups in total. The highest BCUT2D eigenvalue weighted by Crippen LogP contribution is 2.18. The van der Waals surface area contributed by atoms with Crippen LogP contribution in [0.5, 0.6) is 0 Å². The number of nitrogens with one attached hydrogen (secondary N) is 1. The van der Waals surface area contributed by atoms with Gasteiger partial charge in [0.05, 0.1) is 4.90 Å². The molecule has 25 heavy (non-hydrogen) atoms. The van der Waals surface area contributed by atoms with Crippen molar-refractivity contribution in [2.24, 2.45) is 5.41 Å². The zero-order valence-corrected chi connectivity index (χ0v) is 16.4. The minimum Gasteiger partial charge on any atom is -0.354 e. The van der Waals surface area contributed by atoms with Crippen LogP contribution in [0.2, 0.25) is 0 Å². The number of aryl methyl sites for hydroxylation is 1. The lowest BCUT2D eigenvalue weighted by Gasteiger charge is -2.34. The Morgan fingerprint density at radius 2 is 1.64 bits per heavy atom. The van der Waals surface area contributed by atoms with E-state index in [-0.39, 0.29) is 11.3 Å². The third kappa shape index (κ3) is 5.26. The third-order valence-electron chi connectivity index (χ3n) is 4.38. The number of nitrogens with zero attached hydrogens (tertiary/aromatic N) is 2. The van der Waals surface area contributed by atoms with Crippen LogP contribution in [0.4, 0.5) is 0 Å². The van der Waals surface area contributed by atoms with E-state index in [1.54, 1.807) is 16.4 Å². The number of piperazine rings is 1. The molecular formula is C18H29N3O3S. The van der Waals surface area contributed by atoms with Crippen molar-refractivity contribution < 1.29 is 13.2 Å². The molecule has 0 radical (unpaired) electrons. The molecule has 0 aliphatic carbocycles. The molecule has 0 bridgehead atoms. The van der Waals surface area contributed by atoms with E-state index < -0.39 is 10.0 Å². The zero-order valence-electron chi connectivity index (χ0n) is 15.6. The Morgan fingerprint density at radius 1 is 1.08 bits per heavy atom. The fourth-order valence-electron chi connectivity index (χ4n) is 2.65. The molecule has 1 fully saturated rings. The van der Waals surface area contributed by atoms with E-state index in [9.17, 15) is 13.2 Å². The van der Waals surface area contributed by atoms with Gasteiger partial charge in [-0.3, -0.25) is 9.69 Å². The lowest BCUT2D eigenvalue weighted by atomic mass is 9.96. The van der Waals surface area contributed by atoms with Gasteiger partial charge in [0, 0.05) is 44.7 Å². The van der Waals surface area contributed by atoms with Gasteiger partial charge in [0.1, 0.15) is 0 Å². The van der Waals surface area contributed by atoms with E-state index in [0.29, 0.717) is 37.6 Å². The quantitative estimate of drug-likeness (QED) is 0.855. The molecule has 1 aromatic rings. The smallest absolute Gasteiger partial charge is 0.243 e. The second-order valence-electron chi connectivity index (χ2n) is 7.56. The van der Waals surface area contributed by atoms with Crippen LogP contribution < -0.4 is 5.32 Å². The molecule has 2 rings (SSSR count). The van der Waals surface area contributed by atoms with Gasteiger partial charge in [-0.2, -0.15) is 4.31 Å². The molecule has 140 valence electrons. The van der Waals surface area contributed by atoms with Gasteiger partial charge in [-0.05, 0) is 19.1 Å². The highest BCUT2D eigenvalue weighted by atomic mass is 32.2. The maximum atomic E-state index is 12.7. The highest BCUT2D eigenvalue weighted by molar-refractivity contribution is 7.89. The Bertz CT molecular complexity index is 685. The second kappa shape index (κ2) is 7.85. The first-order valence-corrected chi connectivity index (χ1v) is 10.1. The first-order chi connectivity index (χ1) is 11.6. The fraction of sp³-hybridized carbons (Fsp3) is 0.611. The maximum Gasteiger partial charge on any atom is 0.243 e. The Kier molecular flexibility index (Phi) is 6.24. The summed E-state index contributed by atoms with van der Waals surface area (Å²) in [5, 5.41) is 2.93. The molecule has 0 spiro atoms. The van der Waals surface area contributed by atoms with Crippen LogP contribution in [-0.2, 0) is 14.8 Å². The number of carbonyl (C=O) groups excluding carboxylic acids is 1. The minimum absolute atomic E-state index is 0.0353. The number of hydrogen-bond donors (Lipinski definition) is 1. The largest absolute Gasteiger partial charge is 0.354 e. The first kappa shape index (κ1) is 19.9. The maximum absolute atomic E-state index is 12.7. The third-order valence-corrected chi connectivity index (χ3v) is 6.30. The number of hydrogen-bond acceptors (Lipinski definition) is 4. The normalized spacial score (nSPS) is 17.4. The Balaban J connectivity index is 1.83. The molecule has 1 heterocycles. The van der Waals surface area contributed by atoms with E-state index >= 15 is 0 Å². The molecule has 6 nitrogen and oxygen atoms in total. The van der Waals surface area contributed by atoms with Crippen molar-refractivity contribution in [1.82, 2.24) is 14.5 Å². The Labute approximate surface area is 151 Å². The van der Waals surface area contributed by atoms with Crippen LogP contribution in [0, 0.1) is 12.3 Å². The molecule has 1 aliphatic rings. The van der Waals surface area contributed by atoms with Crippen molar-refractivity contribution in [3.8, 4) is 0 Å². The minimum atomic E-state index is -3.42. The molecule has 1 amide bonds. The van der Waals surface area contributed by atoms with Crippen molar-refractivity contribution in [3.63, 3.8) is 0 Å². The first-order valence-electron chi connectivity index (χ1n) is 8.68. The van der Waals surface area contributed by atoms with Gasteiger partial charge in [0.2, 0.25) is 15.9 Å². The molecule has 0 saturated carbocycles. The standard InChI is InChI=1S/C18H29N3O3S/c1-15-5-7-16(8-6-15)25(23,24)21-13-11-20(12-14-21)10-9-19-17(22)18(2,3)4/h5-8H,9-14H2,1-4H3,(H,19,22). The summed E-state index contributed by atoms with van der Waals surface area (Å²) in [5.41, 5.74) is 0.655. The number of amides is 1. The van der Waals surface area contributed by atoms with Gasteiger partial charge in [-0.15, -0.1) is 0 Å². The van der Waals surface area contributed by atoms with Gasteiger partial charge >= 0.3 is 0 Å². The van der Waals surface area contributed by atoms with Gasteiger partial charge in [-0.25, -0.2) is 8.42 Å². The van der Waals surface area contributed by atoms with Crippen LogP contribution in [0.15, 0.2) is 29.2 Å². The Morgan fingerprint density at radius 3 is 2.16 bits per heavy atom. The molecule has 7 heteroatoms. The summed E-state index contributed by atoms with van der Waals surface area (Å²) in [5.74, 6) is 0.0353. The van der Waals surface area contributed by atoms with E-state index in [1.165, 1.54) is 0 Å². The summed E-state index contributed by atoms with van der Waals surface area (Å²) >= 11 is 0. The van der Waals surface area contributed by atoms with Crippen LogP contribution in [0.3, 0.4) is 0 Å². The number of carbonyl (C=O) groups is 1. The van der Waals surface area contributed by atoms with Gasteiger partial charge < -0.3 is 5.32 Å². The number of sulfonamides is 1. The summed E-state index contributed by atoms with van der Waals surface area (Å²) < 4.78 is 26.9. The lowest BCUT2D eigenvalue weighted by Crippen LogP contribution is -2.50. The zero-order chi connectivity index (χ0) is 18.7. The van der Waals surface area contributed by atoms with Crippen molar-refractivity contribution in [2.75, 3.05) is 39.3 Å². The van der Waals surface area contributed by atoms with E-state index in [4.69, 9.17) is 0 Å². The van der Waals surface area contributed by atoms with Crippen molar-refractivity contribution in [1.29, 1.82) is 0 Å². The summed E-state index contributed by atoms with van der Waals surface area (Å²) in [4.78, 5) is 14.4. The Hall–Kier alpha value is -1.44. The van der Waals surface area contributed by atoms with Crippen LogP contribution >= 0.6 is 0 Å². The highest BCUT2D eigenvalue weighted by Gasteiger charge is 2.28. The second-order valence-corrected chi connectivity index (χ2v) is 9.50. The van der Waals surface area contributed by atoms with E-state index in [2.05, 4.69) is 10.2 Å². The predicted octanol–water partition coefficient (Wildman–Crippen LogP) is 1.46. The van der Waals surface area contributed by atoms with Gasteiger partial charge in [0.15, 0.2) is 0 Å². The predicted molar refractivity (Wildman–Crippen MR) is 98.8 cm³/mol. The summed E-state index contributed by atoms with van der Waals surface area (Å²) in [6.45, 7) is 11.2. The van der Waals surface area contributed by atoms with Crippen LogP contribution in [0.25, 0.3) is 0 Å². The summed E-state index contributed by atoms with van der Waals surface area (Å²) in [7, 11) is -3.42. The molecule has 0 aromatic heterocycles. The molecular weight excluding hydrogens is 338 g/mol. The average Bonchev–Trinajstić information content (AvgIpc) is 2.55. The molecule has 1 aliphatic heterocycles. The van der Waals surface area contributed by atoms with E-state index in [1.807, 2.05) is 39.8 Å². The summed E-state index contributed by atoms with van der Waals surface area (Å²) in [6.07, 6.45) is 0. The van der Waals surface area contributed by atoms with Crippen LogP contribution in [-0.4, -0.2) is 62.8 Å². The number of benzene rings is 1. The average molecular weight is 368 g/mol.